The van der Waals surface area contributed by atoms with E-state index in [1.54, 1.807) is 13.0 Å². The Balaban J connectivity index is 0.000000238. The van der Waals surface area contributed by atoms with Gasteiger partial charge in [-0.05, 0) is 19.1 Å². The summed E-state index contributed by atoms with van der Waals surface area (Å²) >= 11 is 0. The van der Waals surface area contributed by atoms with Crippen LogP contribution in [-0.4, -0.2) is 35.8 Å². The Kier molecular flexibility index (Phi) is 12.1. The second-order valence-electron chi connectivity index (χ2n) is 8.02. The summed E-state index contributed by atoms with van der Waals surface area (Å²) in [5, 5.41) is 0. The molecule has 0 aromatic heterocycles. The number of cyclic esters (lactones) is 6. The van der Waals surface area contributed by atoms with Gasteiger partial charge >= 0.3 is 35.8 Å². The zero-order chi connectivity index (χ0) is 29.0. The maximum atomic E-state index is 10.5. The first-order valence-electron chi connectivity index (χ1n) is 11.1. The predicted octanol–water partition coefficient (Wildman–Crippen LogP) is 3.55. The summed E-state index contributed by atoms with van der Waals surface area (Å²) in [7, 11) is 0. The summed E-state index contributed by atoms with van der Waals surface area (Å²) in [5.41, 5.74) is 0.866. The summed E-state index contributed by atoms with van der Waals surface area (Å²) in [5.74, 6) is 0.0995. The Morgan fingerprint density at radius 3 is 1.50 bits per heavy atom. The van der Waals surface area contributed by atoms with Gasteiger partial charge in [0, 0.05) is 30.1 Å². The quantitative estimate of drug-likeness (QED) is 0.197. The number of hydrogen-bond acceptors (Lipinski definition) is 11. The molecule has 0 spiro atoms. The number of rotatable bonds is 0. The molecule has 1 unspecified atom stereocenters. The molecule has 0 N–H and O–H groups in total. The second-order valence-corrected chi connectivity index (χ2v) is 8.02. The third kappa shape index (κ3) is 11.8. The van der Waals surface area contributed by atoms with E-state index in [4.69, 9.17) is 0 Å². The van der Waals surface area contributed by atoms with Crippen molar-refractivity contribution in [2.45, 2.75) is 39.5 Å². The van der Waals surface area contributed by atoms with Crippen LogP contribution < -0.4 is 0 Å². The maximum Gasteiger partial charge on any atom is 0.341 e. The molecule has 11 nitrogen and oxygen atoms in total. The van der Waals surface area contributed by atoms with E-state index in [1.165, 1.54) is 12.2 Å². The molecule has 5 aliphatic rings. The van der Waals surface area contributed by atoms with Gasteiger partial charge in [-0.15, -0.1) is 0 Å². The van der Waals surface area contributed by atoms with Gasteiger partial charge in [0.15, 0.2) is 0 Å². The molecule has 202 valence electrons. The van der Waals surface area contributed by atoms with Crippen molar-refractivity contribution in [3.8, 4) is 0 Å². The lowest BCUT2D eigenvalue weighted by Gasteiger charge is -1.88. The molecular formula is C27H28O11. The number of carbonyl (C=O) groups is 6. The molecule has 1 atom stereocenters. The molecule has 3 saturated heterocycles. The van der Waals surface area contributed by atoms with Gasteiger partial charge in [-0.2, -0.15) is 0 Å². The summed E-state index contributed by atoms with van der Waals surface area (Å²) < 4.78 is 22.2. The highest BCUT2D eigenvalue weighted by atomic mass is 16.6. The van der Waals surface area contributed by atoms with Gasteiger partial charge in [0.2, 0.25) is 0 Å². The zero-order valence-corrected chi connectivity index (χ0v) is 21.2. The fourth-order valence-electron chi connectivity index (χ4n) is 2.56. The Hall–Kier alpha value is -4.80. The molecule has 0 amide bonds. The van der Waals surface area contributed by atoms with Crippen molar-refractivity contribution in [2.24, 2.45) is 5.92 Å². The number of ether oxygens (including phenoxy) is 5. The maximum absolute atomic E-state index is 10.5. The van der Waals surface area contributed by atoms with E-state index in [-0.39, 0.29) is 41.8 Å². The van der Waals surface area contributed by atoms with E-state index in [2.05, 4.69) is 56.6 Å². The molecule has 0 aromatic carbocycles. The molecule has 5 heterocycles. The minimum absolute atomic E-state index is 0.0301. The van der Waals surface area contributed by atoms with Crippen LogP contribution in [0.25, 0.3) is 0 Å². The summed E-state index contributed by atoms with van der Waals surface area (Å²) in [4.78, 5) is 61.6. The molecular weight excluding hydrogens is 500 g/mol. The van der Waals surface area contributed by atoms with Crippen molar-refractivity contribution < 1.29 is 52.5 Å². The molecule has 5 rings (SSSR count). The van der Waals surface area contributed by atoms with Crippen LogP contribution in [-0.2, 0) is 52.5 Å². The van der Waals surface area contributed by atoms with Crippen LogP contribution in [0.4, 0.5) is 0 Å². The van der Waals surface area contributed by atoms with Crippen molar-refractivity contribution in [3.63, 3.8) is 0 Å². The van der Waals surface area contributed by atoms with E-state index in [0.29, 0.717) is 47.9 Å². The van der Waals surface area contributed by atoms with E-state index < -0.39 is 11.9 Å². The van der Waals surface area contributed by atoms with Crippen molar-refractivity contribution in [3.05, 3.63) is 85.3 Å². The topological polar surface area (TPSA) is 149 Å². The minimum atomic E-state index is -0.588. The Morgan fingerprint density at radius 1 is 0.711 bits per heavy atom. The van der Waals surface area contributed by atoms with Crippen LogP contribution in [0, 0.1) is 5.92 Å². The Bertz CT molecular complexity index is 1110. The summed E-state index contributed by atoms with van der Waals surface area (Å²) in [6.07, 6.45) is 6.45. The fourth-order valence-corrected chi connectivity index (χ4v) is 2.56. The molecule has 0 saturated carbocycles. The molecule has 0 aromatic rings. The molecule has 0 aliphatic carbocycles. The molecule has 5 aliphatic heterocycles. The first-order chi connectivity index (χ1) is 17.7. The highest BCUT2D eigenvalue weighted by Gasteiger charge is 2.25. The Labute approximate surface area is 219 Å². The van der Waals surface area contributed by atoms with Gasteiger partial charge in [-0.1, -0.05) is 39.8 Å². The first kappa shape index (κ1) is 31.2. The summed E-state index contributed by atoms with van der Waals surface area (Å²) in [6, 6.07) is 0. The average molecular weight is 529 g/mol. The lowest BCUT2D eigenvalue weighted by molar-refractivity contribution is -0.151. The molecule has 3 fully saturated rings. The van der Waals surface area contributed by atoms with Gasteiger partial charge in [0.05, 0.1) is 18.8 Å². The lowest BCUT2D eigenvalue weighted by atomic mass is 10.1. The molecule has 0 radical (unpaired) electrons. The zero-order valence-electron chi connectivity index (χ0n) is 21.2. The van der Waals surface area contributed by atoms with Gasteiger partial charge in [-0.3, -0.25) is 14.4 Å². The van der Waals surface area contributed by atoms with Crippen molar-refractivity contribution >= 4 is 35.8 Å². The average Bonchev–Trinajstić information content (AvgIpc) is 3.59. The van der Waals surface area contributed by atoms with Crippen molar-refractivity contribution in [1.29, 1.82) is 0 Å². The lowest BCUT2D eigenvalue weighted by Crippen LogP contribution is -2.00. The summed E-state index contributed by atoms with van der Waals surface area (Å²) in [6.45, 7) is 20.6. The number of carbonyl (C=O) groups excluding carboxylic acids is 6. The van der Waals surface area contributed by atoms with Gasteiger partial charge in [0.25, 0.3) is 0 Å². The van der Waals surface area contributed by atoms with Crippen molar-refractivity contribution in [1.82, 2.24) is 0 Å². The third-order valence-corrected chi connectivity index (χ3v) is 4.46. The van der Waals surface area contributed by atoms with Gasteiger partial charge in [0.1, 0.15) is 23.0 Å². The standard InChI is InChI=1S/C6H8O2.C6H6O2.C5H4O3.C5H6O2.C5H4O2/c2*1-4-3-5(2)8-6(4)7;1-3-2-4(6)8-5(3)7;2*1-4-2-3-5(6)7-4/h4H,2-3H2,1H3;3H,2H2,1H3;1-2H2;1-3H2;2-3H,1H2. The van der Waals surface area contributed by atoms with Crippen LogP contribution in [0.2, 0.25) is 0 Å². The highest BCUT2D eigenvalue weighted by molar-refractivity contribution is 6.05. The number of hydrogen-bond donors (Lipinski definition) is 0. The Morgan fingerprint density at radius 2 is 1.37 bits per heavy atom. The fraction of sp³-hybridized carbons (Fsp3) is 0.259. The second kappa shape index (κ2) is 14.7. The van der Waals surface area contributed by atoms with Crippen LogP contribution >= 0.6 is 0 Å². The highest BCUT2D eigenvalue weighted by Crippen LogP contribution is 2.21. The molecule has 11 heteroatoms. The van der Waals surface area contributed by atoms with Crippen LogP contribution in [0.3, 0.4) is 0 Å². The SMILES string of the molecule is C=C1C=C(C)C(=O)O1.C=C1C=CC(=O)O1.C=C1CC(=O)OC1=O.C=C1CC(C)C(=O)O1.C=C1CCC(=O)O1. The molecule has 38 heavy (non-hydrogen) atoms. The van der Waals surface area contributed by atoms with E-state index in [9.17, 15) is 28.8 Å². The normalized spacial score (nSPS) is 20.8. The van der Waals surface area contributed by atoms with Crippen LogP contribution in [0.15, 0.2) is 85.3 Å². The predicted molar refractivity (Wildman–Crippen MR) is 132 cm³/mol. The number of allylic oxidation sites excluding steroid dienone is 4. The van der Waals surface area contributed by atoms with E-state index in [0.717, 1.165) is 0 Å². The smallest absolute Gasteiger partial charge is 0.341 e. The monoisotopic (exact) mass is 528 g/mol. The van der Waals surface area contributed by atoms with Crippen LogP contribution in [0.5, 0.6) is 0 Å². The van der Waals surface area contributed by atoms with E-state index >= 15 is 0 Å². The van der Waals surface area contributed by atoms with Crippen molar-refractivity contribution in [2.75, 3.05) is 0 Å². The third-order valence-electron chi connectivity index (χ3n) is 4.46. The van der Waals surface area contributed by atoms with Gasteiger partial charge in [-0.25, -0.2) is 14.4 Å². The largest absolute Gasteiger partial charge is 0.432 e. The minimum Gasteiger partial charge on any atom is -0.432 e. The van der Waals surface area contributed by atoms with Crippen LogP contribution in [0.1, 0.15) is 39.5 Å². The number of esters is 6. The van der Waals surface area contributed by atoms with E-state index in [1.807, 2.05) is 6.92 Å². The van der Waals surface area contributed by atoms with Gasteiger partial charge < -0.3 is 23.7 Å². The molecule has 0 bridgehead atoms. The first-order valence-corrected chi connectivity index (χ1v) is 11.1.